The number of benzene rings is 2. The van der Waals surface area contributed by atoms with E-state index in [1.165, 1.54) is 0 Å². The minimum Gasteiger partial charge on any atom is -0.382 e. The van der Waals surface area contributed by atoms with Gasteiger partial charge < -0.3 is 14.8 Å². The van der Waals surface area contributed by atoms with E-state index in [0.29, 0.717) is 13.2 Å². The molecule has 0 aliphatic carbocycles. The van der Waals surface area contributed by atoms with Crippen LogP contribution in [0.5, 0.6) is 0 Å². The second-order valence-electron chi connectivity index (χ2n) is 4.50. The second-order valence-corrected chi connectivity index (χ2v) is 5.62. The summed E-state index contributed by atoms with van der Waals surface area (Å²) in [7, 11) is 1.60. The van der Waals surface area contributed by atoms with Crippen molar-refractivity contribution in [3.63, 3.8) is 0 Å². The molecule has 5 heteroatoms. The van der Waals surface area contributed by atoms with Gasteiger partial charge in [0.05, 0.1) is 18.9 Å². The molecular formula is C17H19NO3S. The van der Waals surface area contributed by atoms with Crippen LogP contribution in [0.1, 0.15) is 0 Å². The van der Waals surface area contributed by atoms with Gasteiger partial charge in [-0.15, -0.1) is 0 Å². The molecule has 0 aliphatic heterocycles. The molecule has 2 aromatic rings. The van der Waals surface area contributed by atoms with Gasteiger partial charge in [-0.1, -0.05) is 42.1 Å². The van der Waals surface area contributed by atoms with Crippen LogP contribution in [0.3, 0.4) is 0 Å². The topological polar surface area (TPSA) is 47.6 Å². The van der Waals surface area contributed by atoms with E-state index in [4.69, 9.17) is 9.47 Å². The summed E-state index contributed by atoms with van der Waals surface area (Å²) >= 11 is 1.61. The zero-order chi connectivity index (χ0) is 15.6. The van der Waals surface area contributed by atoms with Gasteiger partial charge in [0.25, 0.3) is 0 Å². The van der Waals surface area contributed by atoms with Crippen LogP contribution in [0.4, 0.5) is 5.69 Å². The number of rotatable bonds is 8. The van der Waals surface area contributed by atoms with Crippen molar-refractivity contribution in [2.45, 2.75) is 9.79 Å². The van der Waals surface area contributed by atoms with Gasteiger partial charge in [0.2, 0.25) is 5.91 Å². The van der Waals surface area contributed by atoms with Crippen LogP contribution in [0, 0.1) is 0 Å². The van der Waals surface area contributed by atoms with Crippen molar-refractivity contribution in [2.75, 3.05) is 32.2 Å². The predicted octanol–water partition coefficient (Wildman–Crippen LogP) is 3.44. The third-order valence-electron chi connectivity index (χ3n) is 2.80. The number of methoxy groups -OCH3 is 1. The fourth-order valence-electron chi connectivity index (χ4n) is 1.77. The lowest BCUT2D eigenvalue weighted by Gasteiger charge is -2.11. The molecule has 22 heavy (non-hydrogen) atoms. The standard InChI is InChI=1S/C17H19NO3S/c1-20-11-12-21-13-17(19)18-15-9-5-6-10-16(15)22-14-7-3-2-4-8-14/h2-10H,11-13H2,1H3,(H,18,19). The molecule has 0 heterocycles. The Kier molecular flexibility index (Phi) is 6.96. The van der Waals surface area contributed by atoms with E-state index in [9.17, 15) is 4.79 Å². The molecule has 0 aromatic heterocycles. The molecule has 0 aliphatic rings. The van der Waals surface area contributed by atoms with Crippen LogP contribution < -0.4 is 5.32 Å². The number of ether oxygens (including phenoxy) is 2. The number of nitrogens with one attached hydrogen (secondary N) is 1. The van der Waals surface area contributed by atoms with Crippen molar-refractivity contribution < 1.29 is 14.3 Å². The highest BCUT2D eigenvalue weighted by Gasteiger charge is 2.08. The number of hydrogen-bond donors (Lipinski definition) is 1. The molecule has 0 unspecified atom stereocenters. The molecule has 2 rings (SSSR count). The SMILES string of the molecule is COCCOCC(=O)Nc1ccccc1Sc1ccccc1. The summed E-state index contributed by atoms with van der Waals surface area (Å²) in [5, 5.41) is 2.88. The first-order valence-corrected chi connectivity index (χ1v) is 7.79. The first kappa shape index (κ1) is 16.5. The Hall–Kier alpha value is -1.82. The summed E-state index contributed by atoms with van der Waals surface area (Å²) in [6.07, 6.45) is 0. The average molecular weight is 317 g/mol. The predicted molar refractivity (Wildman–Crippen MR) is 88.3 cm³/mol. The lowest BCUT2D eigenvalue weighted by atomic mass is 10.3. The Morgan fingerprint density at radius 1 is 1.05 bits per heavy atom. The number of carbonyl (C=O) groups is 1. The van der Waals surface area contributed by atoms with E-state index < -0.39 is 0 Å². The van der Waals surface area contributed by atoms with E-state index in [2.05, 4.69) is 5.32 Å². The molecule has 2 aromatic carbocycles. The molecule has 0 saturated carbocycles. The first-order chi connectivity index (χ1) is 10.8. The van der Waals surface area contributed by atoms with Gasteiger partial charge in [0.1, 0.15) is 6.61 Å². The summed E-state index contributed by atoms with van der Waals surface area (Å²) in [4.78, 5) is 14.0. The van der Waals surface area contributed by atoms with E-state index in [1.54, 1.807) is 18.9 Å². The number of para-hydroxylation sites is 1. The zero-order valence-corrected chi connectivity index (χ0v) is 13.3. The maximum atomic E-state index is 11.9. The van der Waals surface area contributed by atoms with Crippen molar-refractivity contribution in [3.05, 3.63) is 54.6 Å². The van der Waals surface area contributed by atoms with E-state index in [1.807, 2.05) is 54.6 Å². The quantitative estimate of drug-likeness (QED) is 0.758. The van der Waals surface area contributed by atoms with Crippen molar-refractivity contribution >= 4 is 23.4 Å². The van der Waals surface area contributed by atoms with E-state index >= 15 is 0 Å². The summed E-state index contributed by atoms with van der Waals surface area (Å²) in [5.74, 6) is -0.169. The van der Waals surface area contributed by atoms with Gasteiger partial charge in [-0.25, -0.2) is 0 Å². The highest BCUT2D eigenvalue weighted by molar-refractivity contribution is 7.99. The number of carbonyl (C=O) groups excluding carboxylic acids is 1. The highest BCUT2D eigenvalue weighted by atomic mass is 32.2. The fourth-order valence-corrected chi connectivity index (χ4v) is 2.69. The molecule has 0 radical (unpaired) electrons. The van der Waals surface area contributed by atoms with Crippen molar-refractivity contribution in [1.82, 2.24) is 0 Å². The van der Waals surface area contributed by atoms with Crippen LogP contribution in [0.25, 0.3) is 0 Å². The summed E-state index contributed by atoms with van der Waals surface area (Å²) in [5.41, 5.74) is 0.789. The van der Waals surface area contributed by atoms with Gasteiger partial charge in [0.15, 0.2) is 0 Å². The normalized spacial score (nSPS) is 10.4. The Labute approximate surface area is 134 Å². The summed E-state index contributed by atoms with van der Waals surface area (Å²) in [6.45, 7) is 0.908. The maximum Gasteiger partial charge on any atom is 0.250 e. The van der Waals surface area contributed by atoms with E-state index in [0.717, 1.165) is 15.5 Å². The van der Waals surface area contributed by atoms with Gasteiger partial charge in [-0.05, 0) is 24.3 Å². The average Bonchev–Trinajstić information content (AvgIpc) is 2.54. The third-order valence-corrected chi connectivity index (χ3v) is 3.88. The molecular weight excluding hydrogens is 298 g/mol. The van der Waals surface area contributed by atoms with Gasteiger partial charge >= 0.3 is 0 Å². The molecule has 0 fully saturated rings. The van der Waals surface area contributed by atoms with Gasteiger partial charge in [0, 0.05) is 16.9 Å². The fraction of sp³-hybridized carbons (Fsp3) is 0.235. The minimum absolute atomic E-state index is 0.0215. The molecule has 0 bridgehead atoms. The molecule has 0 spiro atoms. The van der Waals surface area contributed by atoms with Crippen molar-refractivity contribution in [3.8, 4) is 0 Å². The van der Waals surface area contributed by atoms with Crippen LogP contribution in [-0.4, -0.2) is 32.8 Å². The van der Waals surface area contributed by atoms with Gasteiger partial charge in [-0.2, -0.15) is 0 Å². The van der Waals surface area contributed by atoms with Crippen molar-refractivity contribution in [2.24, 2.45) is 0 Å². The third kappa shape index (κ3) is 5.52. The Morgan fingerprint density at radius 3 is 2.55 bits per heavy atom. The largest absolute Gasteiger partial charge is 0.382 e. The molecule has 0 saturated heterocycles. The minimum atomic E-state index is -0.169. The van der Waals surface area contributed by atoms with Crippen LogP contribution >= 0.6 is 11.8 Å². The van der Waals surface area contributed by atoms with E-state index in [-0.39, 0.29) is 12.5 Å². The van der Waals surface area contributed by atoms with Gasteiger partial charge in [-0.3, -0.25) is 4.79 Å². The molecule has 1 amide bonds. The number of anilines is 1. The lowest BCUT2D eigenvalue weighted by molar-refractivity contribution is -0.121. The molecule has 0 atom stereocenters. The maximum absolute atomic E-state index is 11.9. The lowest BCUT2D eigenvalue weighted by Crippen LogP contribution is -2.19. The smallest absolute Gasteiger partial charge is 0.250 e. The first-order valence-electron chi connectivity index (χ1n) is 6.98. The summed E-state index contributed by atoms with van der Waals surface area (Å²) < 4.78 is 10.1. The Bertz CT molecular complexity index is 589. The highest BCUT2D eigenvalue weighted by Crippen LogP contribution is 2.33. The zero-order valence-electron chi connectivity index (χ0n) is 12.5. The van der Waals surface area contributed by atoms with Crippen LogP contribution in [0.2, 0.25) is 0 Å². The number of hydrogen-bond acceptors (Lipinski definition) is 4. The van der Waals surface area contributed by atoms with Crippen molar-refractivity contribution in [1.29, 1.82) is 0 Å². The Balaban J connectivity index is 1.95. The monoisotopic (exact) mass is 317 g/mol. The van der Waals surface area contributed by atoms with Crippen LogP contribution in [0.15, 0.2) is 64.4 Å². The van der Waals surface area contributed by atoms with Crippen LogP contribution in [-0.2, 0) is 14.3 Å². The Morgan fingerprint density at radius 2 is 1.77 bits per heavy atom. The molecule has 1 N–H and O–H groups in total. The summed E-state index contributed by atoms with van der Waals surface area (Å²) in [6, 6.07) is 17.8. The molecule has 4 nitrogen and oxygen atoms in total. The molecule has 116 valence electrons. The number of amides is 1. The second kappa shape index (κ2) is 9.25.